The van der Waals surface area contributed by atoms with Crippen LogP contribution in [0, 0.1) is 28.6 Å². The van der Waals surface area contributed by atoms with Gasteiger partial charge in [0, 0.05) is 16.7 Å². The number of hydrogen-bond donors (Lipinski definition) is 3. The molecule has 3 saturated carbocycles. The molecule has 0 aromatic rings. The quantitative estimate of drug-likeness (QED) is 0.630. The van der Waals surface area contributed by atoms with Crippen LogP contribution in [0.15, 0.2) is 22.8 Å². The van der Waals surface area contributed by atoms with Gasteiger partial charge in [0.1, 0.15) is 12.2 Å². The van der Waals surface area contributed by atoms with Crippen molar-refractivity contribution in [3.05, 3.63) is 22.8 Å². The molecule has 0 aromatic heterocycles. The zero-order chi connectivity index (χ0) is 21.6. The molecule has 3 N–H and O–H groups in total. The Labute approximate surface area is 174 Å². The van der Waals surface area contributed by atoms with Gasteiger partial charge in [-0.2, -0.15) is 0 Å². The molecule has 0 aliphatic heterocycles. The van der Waals surface area contributed by atoms with Crippen molar-refractivity contribution in [3.8, 4) is 0 Å². The zero-order valence-corrected chi connectivity index (χ0v) is 17.7. The maximum atomic E-state index is 17.0. The number of carbonyl (C=O) groups excluding carboxylic acids is 2. The van der Waals surface area contributed by atoms with Crippen LogP contribution in [0.1, 0.15) is 46.5 Å². The first-order valence-electron chi connectivity index (χ1n) is 10.2. The van der Waals surface area contributed by atoms with Crippen molar-refractivity contribution in [2.45, 2.75) is 63.8 Å². The molecule has 0 bridgehead atoms. The van der Waals surface area contributed by atoms with Crippen LogP contribution >= 0.6 is 11.6 Å². The van der Waals surface area contributed by atoms with Crippen molar-refractivity contribution < 1.29 is 29.3 Å². The molecule has 0 aromatic carbocycles. The summed E-state index contributed by atoms with van der Waals surface area (Å²) in [6.07, 6.45) is 2.58. The Morgan fingerprint density at radius 2 is 2.00 bits per heavy atom. The summed E-state index contributed by atoms with van der Waals surface area (Å²) in [6.45, 7) is 4.36. The summed E-state index contributed by atoms with van der Waals surface area (Å²) in [5.74, 6) is -2.47. The van der Waals surface area contributed by atoms with Crippen LogP contribution in [0.2, 0.25) is 0 Å². The molecule has 0 radical (unpaired) electrons. The van der Waals surface area contributed by atoms with E-state index in [-0.39, 0.29) is 23.2 Å². The highest BCUT2D eigenvalue weighted by molar-refractivity contribution is 6.44. The number of allylic oxidation sites excluding steroid dienone is 4. The lowest BCUT2D eigenvalue weighted by atomic mass is 9.44. The number of halogens is 2. The number of aliphatic hydroxyl groups is 3. The van der Waals surface area contributed by atoms with E-state index in [2.05, 4.69) is 0 Å². The van der Waals surface area contributed by atoms with E-state index in [0.717, 1.165) is 0 Å². The van der Waals surface area contributed by atoms with Crippen molar-refractivity contribution in [1.29, 1.82) is 0 Å². The third-order valence-electron chi connectivity index (χ3n) is 8.85. The second kappa shape index (κ2) is 6.22. The van der Waals surface area contributed by atoms with Crippen LogP contribution in [0.5, 0.6) is 0 Å². The minimum atomic E-state index is -2.07. The molecule has 4 aliphatic carbocycles. The average Bonchev–Trinajstić information content (AvgIpc) is 2.85. The van der Waals surface area contributed by atoms with Gasteiger partial charge in [-0.1, -0.05) is 31.0 Å². The van der Waals surface area contributed by atoms with E-state index < -0.39 is 52.4 Å². The largest absolute Gasteiger partial charge is 0.390 e. The lowest BCUT2D eigenvalue weighted by molar-refractivity contribution is -0.219. The molecule has 0 amide bonds. The minimum absolute atomic E-state index is 0.0544. The Morgan fingerprint density at radius 3 is 2.62 bits per heavy atom. The summed E-state index contributed by atoms with van der Waals surface area (Å²) < 4.78 is 17.0. The van der Waals surface area contributed by atoms with E-state index in [1.807, 2.05) is 0 Å². The molecular weight excluding hydrogens is 399 g/mol. The summed E-state index contributed by atoms with van der Waals surface area (Å²) in [7, 11) is 0. The predicted molar refractivity (Wildman–Crippen MR) is 105 cm³/mol. The standard InChI is InChI=1S/C22H28ClFO5/c1-11-6-14-13-5-4-12-7-16(26)15(23)8-19(12,2)21(13,24)17(27)9-20(14,3)22(11,29)18(28)10-25/h7-8,11,13-14,17,25,27,29H,4-6,9-10H2,1-3H3/t11-,13+,14+,17+,19+,20+,21+,22+/m1/s1. The number of alkyl halides is 1. The highest BCUT2D eigenvalue weighted by atomic mass is 35.5. The van der Waals surface area contributed by atoms with E-state index >= 15 is 4.39 Å². The fourth-order valence-electron chi connectivity index (χ4n) is 7.31. The van der Waals surface area contributed by atoms with Gasteiger partial charge >= 0.3 is 0 Å². The van der Waals surface area contributed by atoms with Gasteiger partial charge in [0.2, 0.25) is 0 Å². The maximum absolute atomic E-state index is 17.0. The lowest BCUT2D eigenvalue weighted by Gasteiger charge is -2.62. The van der Waals surface area contributed by atoms with Crippen molar-refractivity contribution >= 4 is 23.2 Å². The Hall–Kier alpha value is -1.08. The summed E-state index contributed by atoms with van der Waals surface area (Å²) in [4.78, 5) is 24.6. The SMILES string of the molecule is C[C@@H]1C[C@H]2[C@@H]3CCC4=CC(=O)C(Cl)=C[C@]4(C)[C@@]3(F)[C@@H](O)C[C@]2(C)[C@@]1(O)C(=O)CO. The van der Waals surface area contributed by atoms with Gasteiger partial charge in [-0.05, 0) is 56.6 Å². The highest BCUT2D eigenvalue weighted by Crippen LogP contribution is 2.70. The Bertz CT molecular complexity index is 854. The van der Waals surface area contributed by atoms with Crippen LogP contribution in [-0.2, 0) is 9.59 Å². The van der Waals surface area contributed by atoms with Crippen LogP contribution < -0.4 is 0 Å². The first-order chi connectivity index (χ1) is 13.4. The van der Waals surface area contributed by atoms with Gasteiger partial charge in [-0.15, -0.1) is 0 Å². The highest BCUT2D eigenvalue weighted by Gasteiger charge is 2.75. The molecule has 0 heterocycles. The van der Waals surface area contributed by atoms with E-state index in [4.69, 9.17) is 11.6 Å². The number of rotatable bonds is 2. The van der Waals surface area contributed by atoms with E-state index in [0.29, 0.717) is 24.8 Å². The summed E-state index contributed by atoms with van der Waals surface area (Å²) in [6, 6.07) is 0. The molecule has 7 heteroatoms. The number of fused-ring (bicyclic) bond motifs is 5. The molecule has 29 heavy (non-hydrogen) atoms. The summed E-state index contributed by atoms with van der Waals surface area (Å²) in [5.41, 5.74) is -5.55. The van der Waals surface area contributed by atoms with Gasteiger partial charge in [-0.3, -0.25) is 9.59 Å². The third kappa shape index (κ3) is 2.26. The summed E-state index contributed by atoms with van der Waals surface area (Å²) >= 11 is 6.09. The third-order valence-corrected chi connectivity index (χ3v) is 9.15. The molecule has 4 rings (SSSR count). The number of aliphatic hydroxyl groups excluding tert-OH is 2. The molecule has 160 valence electrons. The molecular formula is C22H28ClFO5. The van der Waals surface area contributed by atoms with Crippen molar-refractivity contribution in [2.24, 2.45) is 28.6 Å². The van der Waals surface area contributed by atoms with Crippen LogP contribution in [0.25, 0.3) is 0 Å². The number of hydrogen-bond acceptors (Lipinski definition) is 5. The second-order valence-corrected chi connectivity index (χ2v) is 10.3. The summed E-state index contributed by atoms with van der Waals surface area (Å²) in [5, 5.41) is 32.0. The zero-order valence-electron chi connectivity index (χ0n) is 16.9. The van der Waals surface area contributed by atoms with E-state index in [1.165, 1.54) is 12.2 Å². The van der Waals surface area contributed by atoms with E-state index in [9.17, 15) is 24.9 Å². The molecule has 3 fully saturated rings. The number of ketones is 2. The van der Waals surface area contributed by atoms with Gasteiger partial charge in [0.25, 0.3) is 0 Å². The topological polar surface area (TPSA) is 94.8 Å². The Morgan fingerprint density at radius 1 is 1.34 bits per heavy atom. The Kier molecular flexibility index (Phi) is 4.54. The first-order valence-corrected chi connectivity index (χ1v) is 10.6. The monoisotopic (exact) mass is 426 g/mol. The fourth-order valence-corrected chi connectivity index (χ4v) is 7.59. The van der Waals surface area contributed by atoms with Gasteiger partial charge in [0.15, 0.2) is 17.2 Å². The predicted octanol–water partition coefficient (Wildman–Crippen LogP) is 2.46. The van der Waals surface area contributed by atoms with Crippen molar-refractivity contribution in [3.63, 3.8) is 0 Å². The van der Waals surface area contributed by atoms with Gasteiger partial charge in [-0.25, -0.2) is 4.39 Å². The van der Waals surface area contributed by atoms with Crippen LogP contribution in [0.4, 0.5) is 4.39 Å². The minimum Gasteiger partial charge on any atom is -0.390 e. The maximum Gasteiger partial charge on any atom is 0.196 e. The lowest BCUT2D eigenvalue weighted by Crippen LogP contribution is -2.69. The van der Waals surface area contributed by atoms with Gasteiger partial charge < -0.3 is 15.3 Å². The van der Waals surface area contributed by atoms with Crippen LogP contribution in [-0.4, -0.2) is 50.9 Å². The second-order valence-electron chi connectivity index (χ2n) is 9.87. The molecule has 4 aliphatic rings. The molecule has 8 atom stereocenters. The number of Topliss-reactive ketones (excluding diaryl/α,β-unsaturated/α-hetero) is 1. The molecule has 5 nitrogen and oxygen atoms in total. The van der Waals surface area contributed by atoms with Crippen molar-refractivity contribution in [2.75, 3.05) is 6.61 Å². The molecule has 0 spiro atoms. The Balaban J connectivity index is 1.85. The van der Waals surface area contributed by atoms with E-state index in [1.54, 1.807) is 20.8 Å². The molecule has 0 unspecified atom stereocenters. The van der Waals surface area contributed by atoms with Crippen LogP contribution in [0.3, 0.4) is 0 Å². The molecule has 0 saturated heterocycles. The first kappa shape index (κ1) is 21.2. The average molecular weight is 427 g/mol. The number of carbonyl (C=O) groups is 2. The van der Waals surface area contributed by atoms with Gasteiger partial charge in [0.05, 0.1) is 11.1 Å². The van der Waals surface area contributed by atoms with Crippen molar-refractivity contribution in [1.82, 2.24) is 0 Å². The fraction of sp³-hybridized carbons (Fsp3) is 0.727. The normalized spacial score (nSPS) is 51.5. The smallest absolute Gasteiger partial charge is 0.196 e.